The number of aromatic nitrogens is 3. The molecule has 2 aromatic rings. The molecule has 0 amide bonds. The molecule has 0 bridgehead atoms. The molecule has 9 nitrogen and oxygen atoms in total. The van der Waals surface area contributed by atoms with Crippen LogP contribution in [0.2, 0.25) is 0 Å². The summed E-state index contributed by atoms with van der Waals surface area (Å²) in [5.74, 6) is 4.23. The summed E-state index contributed by atoms with van der Waals surface area (Å²) in [4.78, 5) is 9.56. The van der Waals surface area contributed by atoms with Crippen LogP contribution in [-0.2, 0) is 20.1 Å². The Hall–Kier alpha value is -2.81. The average Bonchev–Trinajstić information content (AvgIpc) is 3.09. The number of rotatable bonds is 7. The van der Waals surface area contributed by atoms with Crippen molar-refractivity contribution >= 4 is 5.96 Å². The molecule has 1 fully saturated rings. The molecular weight excluding hydrogens is 382 g/mol. The molecule has 1 aromatic carbocycles. The van der Waals surface area contributed by atoms with Gasteiger partial charge in [-0.15, -0.1) is 10.2 Å². The molecule has 0 atom stereocenters. The van der Waals surface area contributed by atoms with E-state index in [9.17, 15) is 0 Å². The van der Waals surface area contributed by atoms with Crippen LogP contribution in [0.25, 0.3) is 0 Å². The SMILES string of the molecule is CCNC(=NCc1nnc(C)n1C)N1CCN(Cc2ccc(OC)c(OC)c2)CC1. The van der Waals surface area contributed by atoms with Gasteiger partial charge in [-0.2, -0.15) is 0 Å². The lowest BCUT2D eigenvalue weighted by molar-refractivity contribution is 0.172. The summed E-state index contributed by atoms with van der Waals surface area (Å²) in [6, 6.07) is 6.12. The molecule has 0 aliphatic carbocycles. The van der Waals surface area contributed by atoms with E-state index in [1.165, 1.54) is 5.56 Å². The summed E-state index contributed by atoms with van der Waals surface area (Å²) in [6.07, 6.45) is 0. The molecule has 164 valence electrons. The number of guanidine groups is 1. The van der Waals surface area contributed by atoms with Crippen molar-refractivity contribution in [2.45, 2.75) is 26.9 Å². The van der Waals surface area contributed by atoms with Gasteiger partial charge in [-0.25, -0.2) is 4.99 Å². The second-order valence-electron chi connectivity index (χ2n) is 7.35. The second kappa shape index (κ2) is 10.3. The minimum atomic E-state index is 0.519. The number of aliphatic imine (C=N–C) groups is 1. The lowest BCUT2D eigenvalue weighted by atomic mass is 10.1. The molecule has 2 heterocycles. The van der Waals surface area contributed by atoms with Gasteiger partial charge in [0.1, 0.15) is 12.4 Å². The maximum atomic E-state index is 5.43. The highest BCUT2D eigenvalue weighted by atomic mass is 16.5. The van der Waals surface area contributed by atoms with E-state index < -0.39 is 0 Å². The fourth-order valence-corrected chi connectivity index (χ4v) is 3.52. The zero-order valence-corrected chi connectivity index (χ0v) is 18.7. The van der Waals surface area contributed by atoms with Gasteiger partial charge in [0.15, 0.2) is 23.3 Å². The van der Waals surface area contributed by atoms with Crippen molar-refractivity contribution in [1.29, 1.82) is 0 Å². The first-order chi connectivity index (χ1) is 14.5. The van der Waals surface area contributed by atoms with E-state index in [4.69, 9.17) is 14.5 Å². The number of methoxy groups -OCH3 is 2. The largest absolute Gasteiger partial charge is 0.493 e. The Balaban J connectivity index is 1.58. The standard InChI is InChI=1S/C21H33N7O2/c1-6-22-21(23-14-20-25-24-16(2)26(20)3)28-11-9-27(10-12-28)15-17-7-8-18(29-4)19(13-17)30-5/h7-8,13H,6,9-12,14-15H2,1-5H3,(H,22,23). The Morgan fingerprint density at radius 3 is 2.43 bits per heavy atom. The second-order valence-corrected chi connectivity index (χ2v) is 7.35. The van der Waals surface area contributed by atoms with Crippen LogP contribution in [0.5, 0.6) is 11.5 Å². The number of piperazine rings is 1. The van der Waals surface area contributed by atoms with Gasteiger partial charge >= 0.3 is 0 Å². The lowest BCUT2D eigenvalue weighted by Crippen LogP contribution is -2.52. The Morgan fingerprint density at radius 2 is 1.83 bits per heavy atom. The molecule has 0 spiro atoms. The number of hydrogen-bond acceptors (Lipinski definition) is 6. The Morgan fingerprint density at radius 1 is 1.10 bits per heavy atom. The molecule has 1 aliphatic heterocycles. The van der Waals surface area contributed by atoms with Crippen LogP contribution in [0, 0.1) is 6.92 Å². The first kappa shape index (κ1) is 21.9. The lowest BCUT2D eigenvalue weighted by Gasteiger charge is -2.36. The molecule has 1 N–H and O–H groups in total. The van der Waals surface area contributed by atoms with Crippen molar-refractivity contribution in [3.63, 3.8) is 0 Å². The minimum absolute atomic E-state index is 0.519. The van der Waals surface area contributed by atoms with Gasteiger partial charge in [-0.3, -0.25) is 4.90 Å². The van der Waals surface area contributed by atoms with Crippen LogP contribution in [0.15, 0.2) is 23.2 Å². The van der Waals surface area contributed by atoms with Crippen molar-refractivity contribution in [3.05, 3.63) is 35.4 Å². The summed E-state index contributed by atoms with van der Waals surface area (Å²) >= 11 is 0. The third-order valence-corrected chi connectivity index (χ3v) is 5.41. The van der Waals surface area contributed by atoms with Crippen molar-refractivity contribution in [1.82, 2.24) is 29.9 Å². The van der Waals surface area contributed by atoms with Crippen molar-refractivity contribution in [2.75, 3.05) is 46.9 Å². The van der Waals surface area contributed by atoms with E-state index in [0.29, 0.717) is 6.54 Å². The predicted octanol–water partition coefficient (Wildman–Crippen LogP) is 1.42. The van der Waals surface area contributed by atoms with Crippen molar-refractivity contribution in [3.8, 4) is 11.5 Å². The maximum Gasteiger partial charge on any atom is 0.194 e. The highest BCUT2D eigenvalue weighted by Crippen LogP contribution is 2.28. The molecule has 0 radical (unpaired) electrons. The van der Waals surface area contributed by atoms with Gasteiger partial charge in [-0.05, 0) is 31.5 Å². The maximum absolute atomic E-state index is 5.43. The van der Waals surface area contributed by atoms with Crippen LogP contribution < -0.4 is 14.8 Å². The molecule has 0 saturated carbocycles. The Labute approximate surface area is 178 Å². The topological polar surface area (TPSA) is 80.0 Å². The van der Waals surface area contributed by atoms with Crippen LogP contribution >= 0.6 is 0 Å². The number of ether oxygens (including phenoxy) is 2. The highest BCUT2D eigenvalue weighted by Gasteiger charge is 2.20. The molecule has 3 rings (SSSR count). The van der Waals surface area contributed by atoms with Gasteiger partial charge in [0.2, 0.25) is 0 Å². The fourth-order valence-electron chi connectivity index (χ4n) is 3.52. The third kappa shape index (κ3) is 5.21. The van der Waals surface area contributed by atoms with E-state index in [2.05, 4.69) is 44.4 Å². The third-order valence-electron chi connectivity index (χ3n) is 5.41. The molecule has 0 unspecified atom stereocenters. The molecule has 30 heavy (non-hydrogen) atoms. The van der Waals surface area contributed by atoms with E-state index in [-0.39, 0.29) is 0 Å². The summed E-state index contributed by atoms with van der Waals surface area (Å²) < 4.78 is 12.7. The zero-order valence-electron chi connectivity index (χ0n) is 18.7. The fraction of sp³-hybridized carbons (Fsp3) is 0.571. The molecule has 9 heteroatoms. The van der Waals surface area contributed by atoms with Crippen LogP contribution in [0.1, 0.15) is 24.1 Å². The number of aryl methyl sites for hydroxylation is 1. The zero-order chi connectivity index (χ0) is 21.5. The average molecular weight is 416 g/mol. The quantitative estimate of drug-likeness (QED) is 0.541. The normalized spacial score (nSPS) is 15.4. The predicted molar refractivity (Wildman–Crippen MR) is 117 cm³/mol. The number of hydrogen-bond donors (Lipinski definition) is 1. The van der Waals surface area contributed by atoms with E-state index >= 15 is 0 Å². The highest BCUT2D eigenvalue weighted by molar-refractivity contribution is 5.80. The van der Waals surface area contributed by atoms with Crippen LogP contribution in [-0.4, -0.2) is 77.5 Å². The van der Waals surface area contributed by atoms with Crippen molar-refractivity contribution in [2.24, 2.45) is 12.0 Å². The van der Waals surface area contributed by atoms with Gasteiger partial charge < -0.3 is 24.3 Å². The van der Waals surface area contributed by atoms with Gasteiger partial charge in [-0.1, -0.05) is 6.07 Å². The van der Waals surface area contributed by atoms with Gasteiger partial charge in [0.05, 0.1) is 14.2 Å². The number of benzene rings is 1. The van der Waals surface area contributed by atoms with Gasteiger partial charge in [0.25, 0.3) is 0 Å². The summed E-state index contributed by atoms with van der Waals surface area (Å²) in [5, 5.41) is 11.7. The summed E-state index contributed by atoms with van der Waals surface area (Å²) in [5.41, 5.74) is 1.22. The van der Waals surface area contributed by atoms with Crippen molar-refractivity contribution < 1.29 is 9.47 Å². The Bertz CT molecular complexity index is 857. The Kier molecular flexibility index (Phi) is 7.51. The first-order valence-corrected chi connectivity index (χ1v) is 10.4. The van der Waals surface area contributed by atoms with E-state index in [0.717, 1.165) is 68.4 Å². The van der Waals surface area contributed by atoms with E-state index in [1.807, 2.05) is 24.6 Å². The monoisotopic (exact) mass is 415 g/mol. The minimum Gasteiger partial charge on any atom is -0.493 e. The number of nitrogens with one attached hydrogen (secondary N) is 1. The summed E-state index contributed by atoms with van der Waals surface area (Å²) in [6.45, 7) is 10.1. The van der Waals surface area contributed by atoms with E-state index in [1.54, 1.807) is 14.2 Å². The number of nitrogens with zero attached hydrogens (tertiary/aromatic N) is 6. The molecular formula is C21H33N7O2. The van der Waals surface area contributed by atoms with Gasteiger partial charge in [0, 0.05) is 46.3 Å². The summed E-state index contributed by atoms with van der Waals surface area (Å²) in [7, 11) is 5.30. The molecule has 1 aliphatic rings. The van der Waals surface area contributed by atoms with Crippen LogP contribution in [0.4, 0.5) is 0 Å². The van der Waals surface area contributed by atoms with Crippen LogP contribution in [0.3, 0.4) is 0 Å². The first-order valence-electron chi connectivity index (χ1n) is 10.4. The molecule has 1 saturated heterocycles. The molecule has 1 aromatic heterocycles. The smallest absolute Gasteiger partial charge is 0.194 e.